The Labute approximate surface area is 247 Å². The van der Waals surface area contributed by atoms with Crippen molar-refractivity contribution in [3.05, 3.63) is 72.1 Å². The normalized spacial score (nSPS) is 20.6. The van der Waals surface area contributed by atoms with Crippen molar-refractivity contribution in [1.29, 1.82) is 0 Å². The van der Waals surface area contributed by atoms with Crippen LogP contribution in [0.3, 0.4) is 0 Å². The minimum Gasteiger partial charge on any atom is -0.401 e. The summed E-state index contributed by atoms with van der Waals surface area (Å²) in [7, 11) is 0. The number of benzene rings is 2. The average Bonchev–Trinajstić information content (AvgIpc) is 3.74. The molecule has 2 aromatic rings. The van der Waals surface area contributed by atoms with Gasteiger partial charge in [0.15, 0.2) is 0 Å². The summed E-state index contributed by atoms with van der Waals surface area (Å²) in [5.74, 6) is 5.08. The van der Waals surface area contributed by atoms with Gasteiger partial charge in [-0.1, -0.05) is 75.4 Å². The maximum absolute atomic E-state index is 14.0. The van der Waals surface area contributed by atoms with Crippen molar-refractivity contribution in [2.24, 2.45) is 28.6 Å². The maximum Gasteiger partial charge on any atom is 0.248 e. The second-order valence-electron chi connectivity index (χ2n) is 12.2. The molecule has 226 valence electrons. The fraction of sp³-hybridized carbons (Fsp3) is 0.469. The van der Waals surface area contributed by atoms with Gasteiger partial charge in [0.2, 0.25) is 17.7 Å². The highest BCUT2D eigenvalue weighted by Crippen LogP contribution is 2.36. The summed E-state index contributed by atoms with van der Waals surface area (Å²) in [6, 6.07) is 14.8. The number of hydrogen-bond acceptors (Lipinski definition) is 7. The molecule has 3 amide bonds. The average molecular weight is 577 g/mol. The number of allylic oxidation sites excluding steroid dienone is 1. The Bertz CT molecular complexity index is 1290. The van der Waals surface area contributed by atoms with Crippen LogP contribution in [0.15, 0.2) is 66.5 Å². The first-order valence-corrected chi connectivity index (χ1v) is 14.6. The first-order valence-electron chi connectivity index (χ1n) is 14.6. The van der Waals surface area contributed by atoms with Crippen molar-refractivity contribution >= 4 is 17.7 Å². The third kappa shape index (κ3) is 7.30. The van der Waals surface area contributed by atoms with E-state index < -0.39 is 41.5 Å². The molecule has 0 radical (unpaired) electrons. The van der Waals surface area contributed by atoms with Crippen molar-refractivity contribution in [2.45, 2.75) is 77.1 Å². The van der Waals surface area contributed by atoms with Crippen molar-refractivity contribution < 1.29 is 19.5 Å². The van der Waals surface area contributed by atoms with Gasteiger partial charge in [-0.2, -0.15) is 0 Å². The number of nitrogens with one attached hydrogen (secondary N) is 1. The summed E-state index contributed by atoms with van der Waals surface area (Å²) >= 11 is 0. The molecule has 0 aromatic heterocycles. The van der Waals surface area contributed by atoms with E-state index in [1.807, 2.05) is 75.4 Å². The second-order valence-corrected chi connectivity index (χ2v) is 12.2. The minimum absolute atomic E-state index is 0.0228. The number of hydrazine groups is 1. The van der Waals surface area contributed by atoms with Crippen molar-refractivity contribution in [3.63, 3.8) is 0 Å². The van der Waals surface area contributed by atoms with Crippen LogP contribution in [0, 0.1) is 11.3 Å². The SMILES string of the molecule is CCC(C)(C)C(C(=O)N1CC(O)CC1C(=O)NC(Cc1ccc(-c2ccccc2)cc1)C(N)=O)N(N)/C=C(\N)C1CC1. The third-order valence-electron chi connectivity index (χ3n) is 8.56. The van der Waals surface area contributed by atoms with Gasteiger partial charge in [-0.25, -0.2) is 5.84 Å². The summed E-state index contributed by atoms with van der Waals surface area (Å²) < 4.78 is 0. The lowest BCUT2D eigenvalue weighted by Gasteiger charge is -2.41. The van der Waals surface area contributed by atoms with E-state index in [9.17, 15) is 19.5 Å². The molecule has 1 heterocycles. The summed E-state index contributed by atoms with van der Waals surface area (Å²) in [6.45, 7) is 5.81. The number of aliphatic hydroxyl groups is 1. The van der Waals surface area contributed by atoms with Gasteiger partial charge in [-0.05, 0) is 41.4 Å². The molecule has 42 heavy (non-hydrogen) atoms. The molecular formula is C32H44N6O4. The summed E-state index contributed by atoms with van der Waals surface area (Å²) in [5.41, 5.74) is 14.9. The number of nitrogens with two attached hydrogens (primary N) is 3. The number of likely N-dealkylation sites (tertiary alicyclic amines) is 1. The molecular weight excluding hydrogens is 532 g/mol. The molecule has 2 aromatic carbocycles. The third-order valence-corrected chi connectivity index (χ3v) is 8.56. The van der Waals surface area contributed by atoms with Crippen LogP contribution in [0.4, 0.5) is 0 Å². The number of primary amides is 1. The van der Waals surface area contributed by atoms with E-state index in [0.29, 0.717) is 12.1 Å². The molecule has 0 bridgehead atoms. The van der Waals surface area contributed by atoms with E-state index in [1.54, 1.807) is 6.20 Å². The molecule has 4 unspecified atom stereocenters. The van der Waals surface area contributed by atoms with Gasteiger partial charge >= 0.3 is 0 Å². The lowest BCUT2D eigenvalue weighted by Crippen LogP contribution is -2.60. The van der Waals surface area contributed by atoms with Crippen LogP contribution in [0.5, 0.6) is 0 Å². The highest BCUT2D eigenvalue weighted by Gasteiger charge is 2.46. The van der Waals surface area contributed by atoms with Crippen LogP contribution in [0.25, 0.3) is 11.1 Å². The van der Waals surface area contributed by atoms with Gasteiger partial charge in [0, 0.05) is 37.2 Å². The first-order chi connectivity index (χ1) is 19.9. The van der Waals surface area contributed by atoms with Crippen LogP contribution in [0.2, 0.25) is 0 Å². The second kappa shape index (κ2) is 13.0. The van der Waals surface area contributed by atoms with Crippen LogP contribution >= 0.6 is 0 Å². The van der Waals surface area contributed by atoms with Gasteiger partial charge < -0.3 is 31.8 Å². The molecule has 1 saturated carbocycles. The van der Waals surface area contributed by atoms with Gasteiger partial charge in [0.1, 0.15) is 18.1 Å². The number of hydrogen-bond donors (Lipinski definition) is 5. The molecule has 10 heteroatoms. The van der Waals surface area contributed by atoms with Crippen LogP contribution in [0.1, 0.15) is 52.0 Å². The smallest absolute Gasteiger partial charge is 0.248 e. The van der Waals surface area contributed by atoms with Gasteiger partial charge in [-0.3, -0.25) is 14.4 Å². The highest BCUT2D eigenvalue weighted by molar-refractivity contribution is 5.93. The van der Waals surface area contributed by atoms with Gasteiger partial charge in [0.25, 0.3) is 0 Å². The number of amides is 3. The van der Waals surface area contributed by atoms with Crippen LogP contribution in [-0.2, 0) is 20.8 Å². The first kappa shape index (κ1) is 31.1. The number of carbonyl (C=O) groups is 3. The van der Waals surface area contributed by atoms with E-state index in [1.165, 1.54) is 9.91 Å². The van der Waals surface area contributed by atoms with Crippen LogP contribution < -0.4 is 22.6 Å². The zero-order valence-electron chi connectivity index (χ0n) is 24.7. The van der Waals surface area contributed by atoms with Crippen molar-refractivity contribution in [2.75, 3.05) is 6.54 Å². The Hall–Kier alpha value is -3.89. The van der Waals surface area contributed by atoms with E-state index in [4.69, 9.17) is 17.3 Å². The summed E-state index contributed by atoms with van der Waals surface area (Å²) in [5, 5.41) is 14.6. The van der Waals surface area contributed by atoms with Gasteiger partial charge in [0.05, 0.1) is 6.10 Å². The lowest BCUT2D eigenvalue weighted by molar-refractivity contribution is -0.146. The van der Waals surface area contributed by atoms with E-state index in [0.717, 1.165) is 29.5 Å². The van der Waals surface area contributed by atoms with Crippen molar-refractivity contribution in [3.8, 4) is 11.1 Å². The summed E-state index contributed by atoms with van der Waals surface area (Å²) in [4.78, 5) is 41.3. The largest absolute Gasteiger partial charge is 0.401 e. The number of aliphatic hydroxyl groups excluding tert-OH is 1. The van der Waals surface area contributed by atoms with E-state index >= 15 is 0 Å². The zero-order chi connectivity index (χ0) is 30.6. The number of rotatable bonds is 12. The fourth-order valence-electron chi connectivity index (χ4n) is 5.48. The number of β-amino-alcohol motifs (C(OH)–C–C–N with tert-alkyl or cyclic N) is 1. The molecule has 1 aliphatic carbocycles. The quantitative estimate of drug-likeness (QED) is 0.190. The molecule has 4 atom stereocenters. The Balaban J connectivity index is 1.49. The summed E-state index contributed by atoms with van der Waals surface area (Å²) in [6.07, 6.45) is 3.56. The molecule has 2 aliphatic rings. The Morgan fingerprint density at radius 1 is 1.07 bits per heavy atom. The molecule has 1 saturated heterocycles. The van der Waals surface area contributed by atoms with E-state index in [-0.39, 0.29) is 31.2 Å². The molecule has 0 spiro atoms. The lowest BCUT2D eigenvalue weighted by atomic mass is 9.80. The Kier molecular flexibility index (Phi) is 9.58. The topological polar surface area (TPSA) is 168 Å². The van der Waals surface area contributed by atoms with E-state index in [2.05, 4.69) is 5.32 Å². The molecule has 2 fully saturated rings. The molecule has 1 aliphatic heterocycles. The molecule has 10 nitrogen and oxygen atoms in total. The maximum atomic E-state index is 14.0. The zero-order valence-corrected chi connectivity index (χ0v) is 24.7. The van der Waals surface area contributed by atoms with Crippen molar-refractivity contribution in [1.82, 2.24) is 15.2 Å². The standard InChI is InChI=1S/C32H44N6O4/c1-4-32(2,3)28(38(35)19-25(33)23-14-15-23)31(42)37-18-24(39)17-27(37)30(41)36-26(29(34)40)16-20-10-12-22(13-11-20)21-8-6-5-7-9-21/h5-13,19,23-24,26-28,39H,4,14-18,33,35H2,1-3H3,(H2,34,40)(H,36,41)/b25-19-. The Morgan fingerprint density at radius 2 is 1.69 bits per heavy atom. The number of nitrogens with zero attached hydrogens (tertiary/aromatic N) is 2. The van der Waals surface area contributed by atoms with Gasteiger partial charge in [-0.15, -0.1) is 0 Å². The monoisotopic (exact) mass is 576 g/mol. The predicted octanol–water partition coefficient (Wildman–Crippen LogP) is 2.02. The Morgan fingerprint density at radius 3 is 2.26 bits per heavy atom. The fourth-order valence-corrected chi connectivity index (χ4v) is 5.48. The van der Waals surface area contributed by atoms with Crippen LogP contribution in [-0.4, -0.2) is 63.5 Å². The number of carbonyl (C=O) groups excluding carboxylic acids is 3. The molecule has 8 N–H and O–H groups in total. The minimum atomic E-state index is -0.995. The molecule has 4 rings (SSSR count). The predicted molar refractivity (Wildman–Crippen MR) is 162 cm³/mol. The highest BCUT2D eigenvalue weighted by atomic mass is 16.3.